The van der Waals surface area contributed by atoms with E-state index in [4.69, 9.17) is 11.6 Å². The minimum Gasteiger partial charge on any atom is -0.351 e. The molecule has 1 heterocycles. The van der Waals surface area contributed by atoms with E-state index in [1.165, 1.54) is 0 Å². The Kier molecular flexibility index (Phi) is 4.12. The first kappa shape index (κ1) is 13.9. The predicted octanol–water partition coefficient (Wildman–Crippen LogP) is 2.12. The van der Waals surface area contributed by atoms with Crippen LogP contribution >= 0.6 is 11.6 Å². The number of hydrogen-bond donors (Lipinski definition) is 1. The molecule has 0 spiro atoms. The second-order valence-corrected chi connectivity index (χ2v) is 5.31. The van der Waals surface area contributed by atoms with Crippen LogP contribution < -0.4 is 5.32 Å². The van der Waals surface area contributed by atoms with E-state index in [0.29, 0.717) is 17.1 Å². The summed E-state index contributed by atoms with van der Waals surface area (Å²) in [6, 6.07) is 5.59. The van der Waals surface area contributed by atoms with E-state index in [1.807, 2.05) is 55.0 Å². The summed E-state index contributed by atoms with van der Waals surface area (Å²) in [6.45, 7) is 1.44. The minimum absolute atomic E-state index is 0.0604. The predicted molar refractivity (Wildman–Crippen MR) is 78.8 cm³/mol. The number of benzene rings is 1. The summed E-state index contributed by atoms with van der Waals surface area (Å²) in [5.41, 5.74) is 1.67. The zero-order valence-corrected chi connectivity index (χ0v) is 12.2. The number of aryl methyl sites for hydroxylation is 1. The van der Waals surface area contributed by atoms with Crippen molar-refractivity contribution in [2.24, 2.45) is 7.05 Å². The first-order valence-corrected chi connectivity index (χ1v) is 6.54. The standard InChI is InChI=1S/C14H18ClN3O/c1-17(2)7-6-16-14(19)12-9-18(3)13-5-4-10(15)8-11(12)13/h4-5,8-9H,6-7H2,1-3H3,(H,16,19). The van der Waals surface area contributed by atoms with Gasteiger partial charge < -0.3 is 14.8 Å². The van der Waals surface area contributed by atoms with Crippen LogP contribution in [0.3, 0.4) is 0 Å². The Morgan fingerprint density at radius 3 is 2.84 bits per heavy atom. The lowest BCUT2D eigenvalue weighted by molar-refractivity contribution is 0.0952. The molecule has 2 rings (SSSR count). The summed E-state index contributed by atoms with van der Waals surface area (Å²) in [5, 5.41) is 4.44. The van der Waals surface area contributed by atoms with Gasteiger partial charge >= 0.3 is 0 Å². The van der Waals surface area contributed by atoms with Gasteiger partial charge in [0.25, 0.3) is 5.91 Å². The largest absolute Gasteiger partial charge is 0.351 e. The van der Waals surface area contributed by atoms with Gasteiger partial charge in [-0.1, -0.05) is 11.6 Å². The Labute approximate surface area is 117 Å². The van der Waals surface area contributed by atoms with E-state index in [9.17, 15) is 4.79 Å². The maximum Gasteiger partial charge on any atom is 0.253 e. The van der Waals surface area contributed by atoms with Crippen LogP contribution in [0.1, 0.15) is 10.4 Å². The Morgan fingerprint density at radius 2 is 2.16 bits per heavy atom. The molecule has 1 amide bonds. The molecule has 102 valence electrons. The molecule has 2 aromatic rings. The molecule has 0 atom stereocenters. The van der Waals surface area contributed by atoms with Crippen LogP contribution in [0, 0.1) is 0 Å². The van der Waals surface area contributed by atoms with Crippen molar-refractivity contribution in [3.8, 4) is 0 Å². The number of likely N-dealkylation sites (N-methyl/N-ethyl adjacent to an activating group) is 1. The lowest BCUT2D eigenvalue weighted by Gasteiger charge is -2.09. The molecule has 0 aliphatic rings. The maximum atomic E-state index is 12.2. The molecule has 0 saturated carbocycles. The lowest BCUT2D eigenvalue weighted by atomic mass is 10.1. The van der Waals surface area contributed by atoms with Crippen molar-refractivity contribution in [2.75, 3.05) is 27.2 Å². The fraction of sp³-hybridized carbons (Fsp3) is 0.357. The summed E-state index contributed by atoms with van der Waals surface area (Å²) in [5.74, 6) is -0.0604. The molecule has 0 radical (unpaired) electrons. The molecule has 0 saturated heterocycles. The van der Waals surface area contributed by atoms with Gasteiger partial charge in [0.1, 0.15) is 0 Å². The molecule has 4 nitrogen and oxygen atoms in total. The Bertz CT molecular complexity index is 604. The topological polar surface area (TPSA) is 37.3 Å². The molecule has 0 aliphatic carbocycles. The van der Waals surface area contributed by atoms with E-state index >= 15 is 0 Å². The summed E-state index contributed by atoms with van der Waals surface area (Å²) in [6.07, 6.45) is 1.84. The van der Waals surface area contributed by atoms with Crippen molar-refractivity contribution in [3.63, 3.8) is 0 Å². The van der Waals surface area contributed by atoms with Gasteiger partial charge in [0.15, 0.2) is 0 Å². The lowest BCUT2D eigenvalue weighted by Crippen LogP contribution is -2.31. The highest BCUT2D eigenvalue weighted by Crippen LogP contribution is 2.24. The molecular weight excluding hydrogens is 262 g/mol. The van der Waals surface area contributed by atoms with E-state index in [0.717, 1.165) is 17.4 Å². The summed E-state index contributed by atoms with van der Waals surface area (Å²) in [7, 11) is 5.88. The second-order valence-electron chi connectivity index (χ2n) is 4.87. The van der Waals surface area contributed by atoms with Crippen molar-refractivity contribution in [3.05, 3.63) is 35.0 Å². The highest BCUT2D eigenvalue weighted by Gasteiger charge is 2.13. The van der Waals surface area contributed by atoms with Crippen molar-refractivity contribution < 1.29 is 4.79 Å². The number of aromatic nitrogens is 1. The minimum atomic E-state index is -0.0604. The van der Waals surface area contributed by atoms with Crippen molar-refractivity contribution in [2.45, 2.75) is 0 Å². The first-order chi connectivity index (χ1) is 8.99. The van der Waals surface area contributed by atoms with Crippen LogP contribution in [0.5, 0.6) is 0 Å². The zero-order valence-electron chi connectivity index (χ0n) is 11.4. The Hall–Kier alpha value is -1.52. The molecule has 0 unspecified atom stereocenters. The van der Waals surface area contributed by atoms with Gasteiger partial charge in [-0.25, -0.2) is 0 Å². The molecule has 0 aliphatic heterocycles. The molecule has 1 N–H and O–H groups in total. The van der Waals surface area contributed by atoms with Gasteiger partial charge in [-0.15, -0.1) is 0 Å². The average Bonchev–Trinajstić information content (AvgIpc) is 2.65. The zero-order chi connectivity index (χ0) is 14.0. The Morgan fingerprint density at radius 1 is 1.42 bits per heavy atom. The number of amides is 1. The average molecular weight is 280 g/mol. The quantitative estimate of drug-likeness (QED) is 0.931. The monoisotopic (exact) mass is 279 g/mol. The molecular formula is C14H18ClN3O. The number of carbonyl (C=O) groups is 1. The summed E-state index contributed by atoms with van der Waals surface area (Å²) < 4.78 is 1.94. The number of rotatable bonds is 4. The maximum absolute atomic E-state index is 12.2. The van der Waals surface area contributed by atoms with E-state index in [-0.39, 0.29) is 5.91 Å². The smallest absolute Gasteiger partial charge is 0.253 e. The van der Waals surface area contributed by atoms with Crippen molar-refractivity contribution in [1.29, 1.82) is 0 Å². The Balaban J connectivity index is 2.24. The third-order valence-electron chi connectivity index (χ3n) is 3.04. The molecule has 1 aromatic heterocycles. The van der Waals surface area contributed by atoms with Gasteiger partial charge in [0.05, 0.1) is 5.56 Å². The van der Waals surface area contributed by atoms with E-state index < -0.39 is 0 Å². The van der Waals surface area contributed by atoms with Crippen LogP contribution in [-0.2, 0) is 7.05 Å². The van der Waals surface area contributed by atoms with Gasteiger partial charge in [0, 0.05) is 42.3 Å². The first-order valence-electron chi connectivity index (χ1n) is 6.16. The molecule has 1 aromatic carbocycles. The van der Waals surface area contributed by atoms with Crippen LogP contribution in [0.25, 0.3) is 10.9 Å². The van der Waals surface area contributed by atoms with Crippen molar-refractivity contribution >= 4 is 28.4 Å². The number of fused-ring (bicyclic) bond motifs is 1. The number of hydrogen-bond acceptors (Lipinski definition) is 2. The van der Waals surface area contributed by atoms with Gasteiger partial charge in [-0.2, -0.15) is 0 Å². The summed E-state index contributed by atoms with van der Waals surface area (Å²) in [4.78, 5) is 14.2. The highest BCUT2D eigenvalue weighted by atomic mass is 35.5. The SMILES string of the molecule is CN(C)CCNC(=O)c1cn(C)c2ccc(Cl)cc12. The third-order valence-corrected chi connectivity index (χ3v) is 3.28. The van der Waals surface area contributed by atoms with E-state index in [1.54, 1.807) is 0 Å². The molecule has 0 bridgehead atoms. The van der Waals surface area contributed by atoms with E-state index in [2.05, 4.69) is 5.32 Å². The number of nitrogens with zero attached hydrogens (tertiary/aromatic N) is 2. The summed E-state index contributed by atoms with van der Waals surface area (Å²) >= 11 is 6.00. The fourth-order valence-corrected chi connectivity index (χ4v) is 2.21. The number of nitrogens with one attached hydrogen (secondary N) is 1. The van der Waals surface area contributed by atoms with Crippen LogP contribution in [0.4, 0.5) is 0 Å². The second kappa shape index (κ2) is 5.63. The molecule has 19 heavy (non-hydrogen) atoms. The third kappa shape index (κ3) is 3.08. The highest BCUT2D eigenvalue weighted by molar-refractivity contribution is 6.31. The number of carbonyl (C=O) groups excluding carboxylic acids is 1. The van der Waals surface area contributed by atoms with Crippen LogP contribution in [0.15, 0.2) is 24.4 Å². The van der Waals surface area contributed by atoms with Crippen LogP contribution in [-0.4, -0.2) is 42.6 Å². The van der Waals surface area contributed by atoms with Crippen LogP contribution in [0.2, 0.25) is 5.02 Å². The number of halogens is 1. The van der Waals surface area contributed by atoms with Gasteiger partial charge in [-0.3, -0.25) is 4.79 Å². The fourth-order valence-electron chi connectivity index (χ4n) is 2.03. The molecule has 0 fully saturated rings. The molecule has 5 heteroatoms. The normalized spacial score (nSPS) is 11.2. The van der Waals surface area contributed by atoms with Gasteiger partial charge in [0.2, 0.25) is 0 Å². The van der Waals surface area contributed by atoms with Crippen molar-refractivity contribution in [1.82, 2.24) is 14.8 Å². The van der Waals surface area contributed by atoms with Gasteiger partial charge in [-0.05, 0) is 32.3 Å².